The molecule has 0 bridgehead atoms. The van der Waals surface area contributed by atoms with Crippen LogP contribution in [0, 0.1) is 0 Å². The van der Waals surface area contributed by atoms with Crippen LogP contribution in [0.25, 0.3) is 0 Å². The van der Waals surface area contributed by atoms with Crippen molar-refractivity contribution in [3.8, 4) is 0 Å². The molecule has 100 valence electrons. The molecule has 1 aromatic heterocycles. The van der Waals surface area contributed by atoms with Crippen LogP contribution in [-0.4, -0.2) is 36.5 Å². The van der Waals surface area contributed by atoms with Gasteiger partial charge in [-0.2, -0.15) is 0 Å². The van der Waals surface area contributed by atoms with E-state index in [-0.39, 0.29) is 11.9 Å². The van der Waals surface area contributed by atoms with Gasteiger partial charge < -0.3 is 15.5 Å². The Balaban J connectivity index is 1.75. The Kier molecular flexibility index (Phi) is 4.38. The molecule has 0 aromatic carbocycles. The van der Waals surface area contributed by atoms with Crippen molar-refractivity contribution in [1.82, 2.24) is 10.2 Å². The zero-order chi connectivity index (χ0) is 13.0. The molecule has 1 amide bonds. The number of rotatable bonds is 4. The number of nitrogens with zero attached hydrogens (tertiary/aromatic N) is 1. The number of hydrogen-bond donors (Lipinski definition) is 2. The van der Waals surface area contributed by atoms with Crippen molar-refractivity contribution in [2.24, 2.45) is 5.73 Å². The molecule has 3 N–H and O–H groups in total. The number of furan rings is 1. The van der Waals surface area contributed by atoms with Gasteiger partial charge >= 0.3 is 0 Å². The monoisotopic (exact) mass is 251 g/mol. The lowest BCUT2D eigenvalue weighted by atomic mass is 10.1. The minimum absolute atomic E-state index is 0.0365. The Labute approximate surface area is 107 Å². The number of piperidine rings is 1. The number of amides is 1. The average Bonchev–Trinajstić information content (AvgIpc) is 2.85. The smallest absolute Gasteiger partial charge is 0.234 e. The third-order valence-corrected chi connectivity index (χ3v) is 3.35. The van der Waals surface area contributed by atoms with Crippen LogP contribution in [0.4, 0.5) is 0 Å². The maximum Gasteiger partial charge on any atom is 0.234 e. The third-order valence-electron chi connectivity index (χ3n) is 3.35. The Bertz CT molecular complexity index is 370. The summed E-state index contributed by atoms with van der Waals surface area (Å²) in [6.45, 7) is 4.17. The van der Waals surface area contributed by atoms with Crippen LogP contribution in [0.5, 0.6) is 0 Å². The number of likely N-dealkylation sites (tertiary alicyclic amines) is 1. The van der Waals surface area contributed by atoms with E-state index in [1.165, 1.54) is 0 Å². The Morgan fingerprint density at radius 1 is 1.61 bits per heavy atom. The van der Waals surface area contributed by atoms with Crippen LogP contribution in [0.2, 0.25) is 0 Å². The summed E-state index contributed by atoms with van der Waals surface area (Å²) in [6.07, 6.45) is 3.56. The molecule has 1 aromatic rings. The van der Waals surface area contributed by atoms with Crippen molar-refractivity contribution in [2.45, 2.75) is 31.8 Å². The molecule has 18 heavy (non-hydrogen) atoms. The van der Waals surface area contributed by atoms with E-state index in [2.05, 4.69) is 10.2 Å². The number of nitrogens with one attached hydrogen (secondary N) is 1. The second kappa shape index (κ2) is 6.02. The third kappa shape index (κ3) is 3.58. The van der Waals surface area contributed by atoms with Gasteiger partial charge in [0.2, 0.25) is 5.91 Å². The predicted molar refractivity (Wildman–Crippen MR) is 68.9 cm³/mol. The number of carbonyl (C=O) groups excluding carboxylic acids is 1. The van der Waals surface area contributed by atoms with Gasteiger partial charge in [-0.05, 0) is 31.9 Å². The molecule has 1 aliphatic heterocycles. The van der Waals surface area contributed by atoms with E-state index in [9.17, 15) is 4.79 Å². The van der Waals surface area contributed by atoms with E-state index in [4.69, 9.17) is 10.2 Å². The fourth-order valence-corrected chi connectivity index (χ4v) is 2.21. The number of hydrogen-bond acceptors (Lipinski definition) is 4. The largest absolute Gasteiger partial charge is 0.467 e. The van der Waals surface area contributed by atoms with Crippen LogP contribution < -0.4 is 11.1 Å². The second-order valence-electron chi connectivity index (χ2n) is 4.92. The van der Waals surface area contributed by atoms with E-state index < -0.39 is 0 Å². The molecule has 2 rings (SSSR count). The van der Waals surface area contributed by atoms with Gasteiger partial charge in [0.05, 0.1) is 18.8 Å². The first-order valence-corrected chi connectivity index (χ1v) is 6.46. The van der Waals surface area contributed by atoms with E-state index in [0.717, 1.165) is 31.7 Å². The molecule has 1 saturated heterocycles. The van der Waals surface area contributed by atoms with Gasteiger partial charge in [0.25, 0.3) is 0 Å². The van der Waals surface area contributed by atoms with Crippen LogP contribution in [0.15, 0.2) is 22.8 Å². The summed E-state index contributed by atoms with van der Waals surface area (Å²) in [4.78, 5) is 14.0. The first-order chi connectivity index (χ1) is 8.65. The number of carbonyl (C=O) groups is 1. The molecule has 0 aliphatic carbocycles. The molecular formula is C13H21N3O2. The lowest BCUT2D eigenvalue weighted by Crippen LogP contribution is -2.44. The summed E-state index contributed by atoms with van der Waals surface area (Å²) >= 11 is 0. The normalized spacial score (nSPS) is 19.7. The summed E-state index contributed by atoms with van der Waals surface area (Å²) in [5.74, 6) is 0.818. The summed E-state index contributed by atoms with van der Waals surface area (Å²) in [7, 11) is 0. The van der Waals surface area contributed by atoms with Gasteiger partial charge in [-0.25, -0.2) is 0 Å². The van der Waals surface area contributed by atoms with Crippen molar-refractivity contribution in [2.75, 3.05) is 19.6 Å². The van der Waals surface area contributed by atoms with Crippen molar-refractivity contribution in [3.63, 3.8) is 0 Å². The molecule has 0 spiro atoms. The van der Waals surface area contributed by atoms with E-state index in [1.54, 1.807) is 6.26 Å². The first-order valence-electron chi connectivity index (χ1n) is 6.46. The van der Waals surface area contributed by atoms with Crippen LogP contribution in [0.1, 0.15) is 31.6 Å². The fourth-order valence-electron chi connectivity index (χ4n) is 2.21. The molecule has 0 radical (unpaired) electrons. The van der Waals surface area contributed by atoms with E-state index >= 15 is 0 Å². The van der Waals surface area contributed by atoms with Crippen molar-refractivity contribution in [1.29, 1.82) is 0 Å². The Morgan fingerprint density at radius 3 is 2.94 bits per heavy atom. The van der Waals surface area contributed by atoms with Gasteiger partial charge in [-0.15, -0.1) is 0 Å². The van der Waals surface area contributed by atoms with Gasteiger partial charge in [-0.3, -0.25) is 9.69 Å². The SMILES string of the molecule is C[C@@H](NC(=O)CN1CCC(N)CC1)c1ccco1. The van der Waals surface area contributed by atoms with Gasteiger partial charge in [0.15, 0.2) is 0 Å². The van der Waals surface area contributed by atoms with Crippen molar-refractivity contribution >= 4 is 5.91 Å². The Hall–Kier alpha value is -1.33. The highest BCUT2D eigenvalue weighted by Gasteiger charge is 2.19. The molecule has 0 saturated carbocycles. The second-order valence-corrected chi connectivity index (χ2v) is 4.92. The summed E-state index contributed by atoms with van der Waals surface area (Å²) in [5, 5.41) is 2.94. The fraction of sp³-hybridized carbons (Fsp3) is 0.615. The van der Waals surface area contributed by atoms with Gasteiger partial charge in [0, 0.05) is 19.1 Å². The van der Waals surface area contributed by atoms with Gasteiger partial charge in [-0.1, -0.05) is 0 Å². The zero-order valence-electron chi connectivity index (χ0n) is 10.8. The molecule has 1 atom stereocenters. The quantitative estimate of drug-likeness (QED) is 0.833. The predicted octanol–water partition coefficient (Wildman–Crippen LogP) is 0.880. The highest BCUT2D eigenvalue weighted by molar-refractivity contribution is 5.78. The lowest BCUT2D eigenvalue weighted by molar-refractivity contribution is -0.123. The number of nitrogens with two attached hydrogens (primary N) is 1. The summed E-state index contributed by atoms with van der Waals surface area (Å²) in [6, 6.07) is 3.90. The molecule has 1 fully saturated rings. The van der Waals surface area contributed by atoms with Crippen molar-refractivity contribution < 1.29 is 9.21 Å². The standard InChI is InChI=1S/C13H21N3O2/c1-10(12-3-2-8-18-12)15-13(17)9-16-6-4-11(14)5-7-16/h2-3,8,10-11H,4-7,9,14H2,1H3,(H,15,17)/t10-/m1/s1. The van der Waals surface area contributed by atoms with Crippen LogP contribution >= 0.6 is 0 Å². The van der Waals surface area contributed by atoms with Crippen LogP contribution in [-0.2, 0) is 4.79 Å². The van der Waals surface area contributed by atoms with E-state index in [1.807, 2.05) is 19.1 Å². The highest BCUT2D eigenvalue weighted by Crippen LogP contribution is 2.12. The molecule has 5 heteroatoms. The molecule has 2 heterocycles. The Morgan fingerprint density at radius 2 is 2.33 bits per heavy atom. The minimum atomic E-state index is -0.0838. The molecule has 0 unspecified atom stereocenters. The van der Waals surface area contributed by atoms with Gasteiger partial charge in [0.1, 0.15) is 5.76 Å². The van der Waals surface area contributed by atoms with Crippen molar-refractivity contribution in [3.05, 3.63) is 24.2 Å². The topological polar surface area (TPSA) is 71.5 Å². The minimum Gasteiger partial charge on any atom is -0.467 e. The lowest BCUT2D eigenvalue weighted by Gasteiger charge is -2.29. The highest BCUT2D eigenvalue weighted by atomic mass is 16.3. The van der Waals surface area contributed by atoms with Crippen LogP contribution in [0.3, 0.4) is 0 Å². The molecular weight excluding hydrogens is 230 g/mol. The van der Waals surface area contributed by atoms with E-state index in [0.29, 0.717) is 12.6 Å². The summed E-state index contributed by atoms with van der Waals surface area (Å²) < 4.78 is 5.26. The average molecular weight is 251 g/mol. The summed E-state index contributed by atoms with van der Waals surface area (Å²) in [5.41, 5.74) is 5.83. The maximum atomic E-state index is 11.9. The first kappa shape index (κ1) is 13.1. The maximum absolute atomic E-state index is 11.9. The zero-order valence-corrected chi connectivity index (χ0v) is 10.8. The molecule has 1 aliphatic rings. The molecule has 5 nitrogen and oxygen atoms in total.